The van der Waals surface area contributed by atoms with E-state index in [4.69, 9.17) is 9.84 Å². The largest absolute Gasteiger partial charge is 0.480 e. The number of aromatic nitrogens is 2. The highest BCUT2D eigenvalue weighted by Crippen LogP contribution is 2.20. The molecule has 0 aliphatic carbocycles. The fraction of sp³-hybridized carbons (Fsp3) is 0.667. The zero-order valence-corrected chi connectivity index (χ0v) is 15.4. The number of nitrogens with zero attached hydrogens (tertiary/aromatic N) is 4. The molecular weight excluding hydrogens is 360 g/mol. The Labute approximate surface area is 145 Å². The minimum atomic E-state index is -2.39. The van der Waals surface area contributed by atoms with Crippen LogP contribution in [0.2, 0.25) is 0 Å². The lowest BCUT2D eigenvalue weighted by Gasteiger charge is -2.27. The van der Waals surface area contributed by atoms with E-state index in [0.717, 1.165) is 20.5 Å². The number of rotatable bonds is 7. The molecule has 24 heavy (non-hydrogen) atoms. The topological polar surface area (TPSA) is 133 Å². The molecule has 136 valence electrons. The zero-order chi connectivity index (χ0) is 18.5. The first-order valence-electron chi connectivity index (χ1n) is 6.88. The van der Waals surface area contributed by atoms with Crippen molar-refractivity contribution < 1.29 is 28.2 Å². The molecule has 1 amide bonds. The maximum atomic E-state index is 12.1. The molecule has 1 atom stereocenters. The molecule has 1 aromatic heterocycles. The quantitative estimate of drug-likeness (QED) is 0.672. The number of aliphatic carboxylic acids is 1. The van der Waals surface area contributed by atoms with E-state index in [1.807, 2.05) is 0 Å². The molecule has 1 heterocycles. The van der Waals surface area contributed by atoms with Crippen LogP contribution in [0.25, 0.3) is 0 Å². The SMILES string of the molecule is Cc1nnc(N(CCN(CC(=O)O)C(=O)OC(C)(C)C)S(=O)O)s1. The van der Waals surface area contributed by atoms with Crippen LogP contribution < -0.4 is 4.31 Å². The summed E-state index contributed by atoms with van der Waals surface area (Å²) < 4.78 is 27.0. The first kappa shape index (κ1) is 20.3. The number of ether oxygens (including phenoxy) is 1. The van der Waals surface area contributed by atoms with Crippen molar-refractivity contribution in [2.24, 2.45) is 0 Å². The van der Waals surface area contributed by atoms with Crippen LogP contribution >= 0.6 is 11.3 Å². The van der Waals surface area contributed by atoms with Gasteiger partial charge in [-0.3, -0.25) is 14.2 Å². The van der Waals surface area contributed by atoms with E-state index >= 15 is 0 Å². The monoisotopic (exact) mass is 380 g/mol. The number of carbonyl (C=O) groups is 2. The Balaban J connectivity index is 2.83. The number of carboxylic acids is 1. The maximum Gasteiger partial charge on any atom is 0.410 e. The second-order valence-corrected chi connectivity index (χ2v) is 7.79. The lowest BCUT2D eigenvalue weighted by Crippen LogP contribution is -2.44. The standard InChI is InChI=1S/C12H20N4O6S2/c1-8-13-14-10(23-8)16(24(20)21)6-5-15(7-9(17)18)11(19)22-12(2,3)4/h5-7H2,1-4H3,(H,17,18)(H,20,21). The van der Waals surface area contributed by atoms with Gasteiger partial charge in [0.2, 0.25) is 5.13 Å². The van der Waals surface area contributed by atoms with Gasteiger partial charge in [0.05, 0.1) is 6.54 Å². The van der Waals surface area contributed by atoms with Crippen molar-refractivity contribution in [1.82, 2.24) is 15.1 Å². The Morgan fingerprint density at radius 3 is 2.33 bits per heavy atom. The van der Waals surface area contributed by atoms with Crippen LogP contribution in [0.15, 0.2) is 0 Å². The summed E-state index contributed by atoms with van der Waals surface area (Å²) >= 11 is -1.28. The fourth-order valence-corrected chi connectivity index (χ4v) is 2.90. The van der Waals surface area contributed by atoms with Gasteiger partial charge in [0, 0.05) is 6.54 Å². The van der Waals surface area contributed by atoms with Gasteiger partial charge in [0.1, 0.15) is 17.2 Å². The summed E-state index contributed by atoms with van der Waals surface area (Å²) in [4.78, 5) is 24.0. The van der Waals surface area contributed by atoms with Gasteiger partial charge in [0.15, 0.2) is 0 Å². The first-order chi connectivity index (χ1) is 11.0. The van der Waals surface area contributed by atoms with Crippen LogP contribution in [-0.4, -0.2) is 66.3 Å². The van der Waals surface area contributed by atoms with E-state index in [2.05, 4.69) is 10.2 Å². The molecule has 0 saturated heterocycles. The van der Waals surface area contributed by atoms with E-state index in [0.29, 0.717) is 5.01 Å². The molecule has 0 fully saturated rings. The van der Waals surface area contributed by atoms with Gasteiger partial charge in [0.25, 0.3) is 11.3 Å². The molecule has 0 saturated carbocycles. The molecule has 2 N–H and O–H groups in total. The summed E-state index contributed by atoms with van der Waals surface area (Å²) in [5, 5.41) is 17.3. The third-order valence-corrected chi connectivity index (χ3v) is 4.18. The van der Waals surface area contributed by atoms with Gasteiger partial charge in [-0.15, -0.1) is 10.2 Å². The van der Waals surface area contributed by atoms with Crippen molar-refractivity contribution in [2.75, 3.05) is 23.9 Å². The second kappa shape index (κ2) is 8.35. The van der Waals surface area contributed by atoms with Gasteiger partial charge in [-0.1, -0.05) is 11.3 Å². The molecule has 0 bridgehead atoms. The molecular formula is C12H20N4O6S2. The lowest BCUT2D eigenvalue weighted by atomic mass is 10.2. The highest BCUT2D eigenvalue weighted by atomic mass is 32.2. The minimum absolute atomic E-state index is 0.107. The molecule has 1 unspecified atom stereocenters. The van der Waals surface area contributed by atoms with Gasteiger partial charge >= 0.3 is 12.1 Å². The predicted octanol–water partition coefficient (Wildman–Crippen LogP) is 1.11. The molecule has 10 nitrogen and oxygen atoms in total. The van der Waals surface area contributed by atoms with Gasteiger partial charge in [-0.25, -0.2) is 13.3 Å². The number of carboxylic acid groups (broad SMARTS) is 1. The molecule has 1 rings (SSSR count). The van der Waals surface area contributed by atoms with E-state index in [9.17, 15) is 18.4 Å². The van der Waals surface area contributed by atoms with Crippen molar-refractivity contribution in [3.8, 4) is 0 Å². The van der Waals surface area contributed by atoms with Crippen LogP contribution in [0.5, 0.6) is 0 Å². The van der Waals surface area contributed by atoms with Crippen molar-refractivity contribution in [1.29, 1.82) is 0 Å². The van der Waals surface area contributed by atoms with Crippen molar-refractivity contribution in [2.45, 2.75) is 33.3 Å². The summed E-state index contributed by atoms with van der Waals surface area (Å²) in [5.41, 5.74) is -0.788. The molecule has 0 aromatic carbocycles. The first-order valence-corrected chi connectivity index (χ1v) is 8.76. The summed E-state index contributed by atoms with van der Waals surface area (Å²) in [5.74, 6) is -1.22. The van der Waals surface area contributed by atoms with Gasteiger partial charge < -0.3 is 9.84 Å². The van der Waals surface area contributed by atoms with Crippen LogP contribution in [0.1, 0.15) is 25.8 Å². The molecule has 0 aliphatic rings. The Bertz CT molecular complexity index is 615. The fourth-order valence-electron chi connectivity index (χ4n) is 1.56. The van der Waals surface area contributed by atoms with Crippen LogP contribution in [0.4, 0.5) is 9.93 Å². The van der Waals surface area contributed by atoms with E-state index in [1.54, 1.807) is 27.7 Å². The Kier molecular flexibility index (Phi) is 7.05. The van der Waals surface area contributed by atoms with Crippen molar-refractivity contribution in [3.05, 3.63) is 5.01 Å². The molecule has 12 heteroatoms. The predicted molar refractivity (Wildman–Crippen MR) is 88.2 cm³/mol. The average Bonchev–Trinajstić information content (AvgIpc) is 2.81. The van der Waals surface area contributed by atoms with Crippen LogP contribution in [0, 0.1) is 6.92 Å². The Morgan fingerprint density at radius 2 is 1.92 bits per heavy atom. The minimum Gasteiger partial charge on any atom is -0.480 e. The third-order valence-electron chi connectivity index (χ3n) is 2.47. The van der Waals surface area contributed by atoms with Gasteiger partial charge in [-0.05, 0) is 27.7 Å². The van der Waals surface area contributed by atoms with Gasteiger partial charge in [-0.2, -0.15) is 0 Å². The van der Waals surface area contributed by atoms with Crippen LogP contribution in [-0.2, 0) is 20.8 Å². The second-order valence-electron chi connectivity index (χ2n) is 5.73. The highest BCUT2D eigenvalue weighted by Gasteiger charge is 2.26. The molecule has 0 spiro atoms. The van der Waals surface area contributed by atoms with E-state index in [-0.39, 0.29) is 18.2 Å². The number of hydrogen-bond acceptors (Lipinski definition) is 7. The number of anilines is 1. The number of hydrogen-bond donors (Lipinski definition) is 2. The number of aryl methyl sites for hydroxylation is 1. The Morgan fingerprint density at radius 1 is 1.29 bits per heavy atom. The lowest BCUT2D eigenvalue weighted by molar-refractivity contribution is -0.138. The van der Waals surface area contributed by atoms with Crippen LogP contribution in [0.3, 0.4) is 0 Å². The zero-order valence-electron chi connectivity index (χ0n) is 13.8. The molecule has 0 aliphatic heterocycles. The summed E-state index contributed by atoms with van der Waals surface area (Å²) in [6.07, 6.45) is -0.818. The summed E-state index contributed by atoms with van der Waals surface area (Å²) in [6, 6.07) is 0. The summed E-state index contributed by atoms with van der Waals surface area (Å²) in [7, 11) is 0. The van der Waals surface area contributed by atoms with Crippen molar-refractivity contribution in [3.63, 3.8) is 0 Å². The third kappa shape index (κ3) is 6.76. The van der Waals surface area contributed by atoms with Crippen molar-refractivity contribution >= 4 is 39.8 Å². The highest BCUT2D eigenvalue weighted by molar-refractivity contribution is 7.81. The normalized spacial score (nSPS) is 12.5. The molecule has 1 aromatic rings. The average molecular weight is 380 g/mol. The van der Waals surface area contributed by atoms with E-state index in [1.165, 1.54) is 0 Å². The Hall–Kier alpha value is -1.79. The summed E-state index contributed by atoms with van der Waals surface area (Å²) in [6.45, 7) is 5.83. The van der Waals surface area contributed by atoms with E-state index < -0.39 is 35.5 Å². The smallest absolute Gasteiger partial charge is 0.410 e. The number of amides is 1. The molecule has 0 radical (unpaired) electrons. The maximum absolute atomic E-state index is 12.1. The number of carbonyl (C=O) groups excluding carboxylic acids is 1.